The quantitative estimate of drug-likeness (QED) is 0.0261. The zero-order valence-corrected chi connectivity index (χ0v) is 49.5. The molecule has 0 aliphatic heterocycles. The zero-order valence-electron chi connectivity index (χ0n) is 49.5. The first-order valence-electron chi connectivity index (χ1n) is 31.5. The van der Waals surface area contributed by atoms with Crippen LogP contribution in [-0.2, 0) is 28.6 Å². The first-order chi connectivity index (χ1) is 37.5. The molecule has 0 saturated heterocycles. The second-order valence-electron chi connectivity index (χ2n) is 20.5. The van der Waals surface area contributed by atoms with Gasteiger partial charge in [-0.1, -0.05) is 264 Å². The summed E-state index contributed by atoms with van der Waals surface area (Å²) in [4.78, 5) is 38.2. The van der Waals surface area contributed by atoms with Crippen LogP contribution < -0.4 is 0 Å². The molecule has 0 amide bonds. The van der Waals surface area contributed by atoms with Crippen molar-refractivity contribution in [1.82, 2.24) is 0 Å². The molecule has 0 aromatic heterocycles. The van der Waals surface area contributed by atoms with E-state index >= 15 is 0 Å². The van der Waals surface area contributed by atoms with Gasteiger partial charge >= 0.3 is 17.9 Å². The third kappa shape index (κ3) is 60.7. The lowest BCUT2D eigenvalue weighted by atomic mass is 10.0. The first-order valence-corrected chi connectivity index (χ1v) is 31.5. The van der Waals surface area contributed by atoms with Crippen molar-refractivity contribution in [1.29, 1.82) is 0 Å². The Labute approximate surface area is 469 Å². The van der Waals surface area contributed by atoms with Gasteiger partial charge in [0.05, 0.1) is 0 Å². The van der Waals surface area contributed by atoms with Crippen molar-refractivity contribution >= 4 is 17.9 Å². The molecule has 0 radical (unpaired) electrons. The summed E-state index contributed by atoms with van der Waals surface area (Å²) in [5, 5.41) is 0. The number of allylic oxidation sites excluding steroid dienone is 20. The molecule has 0 aromatic rings. The summed E-state index contributed by atoms with van der Waals surface area (Å²) in [6, 6.07) is 0. The largest absolute Gasteiger partial charge is 0.462 e. The Bertz CT molecular complexity index is 1590. The Morgan fingerprint density at radius 2 is 0.513 bits per heavy atom. The molecular formula is C70H116O6. The van der Waals surface area contributed by atoms with E-state index < -0.39 is 6.10 Å². The predicted molar refractivity (Wildman–Crippen MR) is 330 cm³/mol. The van der Waals surface area contributed by atoms with Gasteiger partial charge in [0.2, 0.25) is 0 Å². The number of ether oxygens (including phenoxy) is 3. The second-order valence-corrected chi connectivity index (χ2v) is 20.5. The fraction of sp³-hybridized carbons (Fsp3) is 0.671. The van der Waals surface area contributed by atoms with Gasteiger partial charge in [-0.25, -0.2) is 0 Å². The summed E-state index contributed by atoms with van der Waals surface area (Å²) in [6.07, 6.45) is 87.9. The monoisotopic (exact) mass is 1050 g/mol. The minimum atomic E-state index is -0.801. The van der Waals surface area contributed by atoms with Gasteiger partial charge in [-0.05, 0) is 122 Å². The molecule has 1 atom stereocenters. The van der Waals surface area contributed by atoms with Crippen LogP contribution in [0.25, 0.3) is 0 Å². The fourth-order valence-corrected chi connectivity index (χ4v) is 8.52. The third-order valence-electron chi connectivity index (χ3n) is 13.2. The topological polar surface area (TPSA) is 78.9 Å². The minimum absolute atomic E-state index is 0.0949. The van der Waals surface area contributed by atoms with Crippen LogP contribution in [0.15, 0.2) is 122 Å². The molecule has 0 spiro atoms. The number of hydrogen-bond donors (Lipinski definition) is 0. The maximum Gasteiger partial charge on any atom is 0.306 e. The number of rotatable bonds is 56. The summed E-state index contributed by atoms with van der Waals surface area (Å²) >= 11 is 0. The van der Waals surface area contributed by atoms with Gasteiger partial charge in [-0.15, -0.1) is 0 Å². The van der Waals surface area contributed by atoms with Crippen LogP contribution in [0.3, 0.4) is 0 Å². The van der Waals surface area contributed by atoms with E-state index in [2.05, 4.69) is 142 Å². The van der Waals surface area contributed by atoms with Crippen molar-refractivity contribution in [3.8, 4) is 0 Å². The highest BCUT2D eigenvalue weighted by atomic mass is 16.6. The molecule has 1 unspecified atom stereocenters. The summed E-state index contributed by atoms with van der Waals surface area (Å²) in [6.45, 7) is 6.33. The van der Waals surface area contributed by atoms with Crippen molar-refractivity contribution < 1.29 is 28.6 Å². The smallest absolute Gasteiger partial charge is 0.306 e. The second kappa shape index (κ2) is 63.3. The maximum atomic E-state index is 12.9. The standard InChI is InChI=1S/C70H116O6/c1-4-7-10-13-16-19-22-24-26-28-30-31-32-33-34-35-36-37-38-39-41-42-44-46-48-51-54-57-60-63-69(72)75-66-67(65-74-68(71)62-59-56-53-50-21-18-15-12-9-6-3)76-70(73)64-61-58-55-52-49-47-45-43-40-29-27-25-23-20-17-14-11-8-5-2/h7-8,10-12,15-17,19-20,24-27,30-31,40,43,47,49,67H,4-6,9,13-14,18,21-23,28-29,32-39,41-42,44-46,48,50-66H2,1-3H3/b10-7-,11-8-,15-12-,19-16-,20-17-,26-24-,27-25-,31-30-,43-40-,49-47-. The van der Waals surface area contributed by atoms with Crippen molar-refractivity contribution in [3.05, 3.63) is 122 Å². The van der Waals surface area contributed by atoms with Crippen LogP contribution in [0, 0.1) is 0 Å². The van der Waals surface area contributed by atoms with Gasteiger partial charge in [0.15, 0.2) is 6.10 Å². The van der Waals surface area contributed by atoms with E-state index in [9.17, 15) is 14.4 Å². The van der Waals surface area contributed by atoms with Crippen LogP contribution in [0.4, 0.5) is 0 Å². The van der Waals surface area contributed by atoms with Gasteiger partial charge < -0.3 is 14.2 Å². The Balaban J connectivity index is 4.24. The van der Waals surface area contributed by atoms with Crippen LogP contribution in [0.1, 0.15) is 284 Å². The lowest BCUT2D eigenvalue weighted by molar-refractivity contribution is -0.167. The molecule has 0 fully saturated rings. The Kier molecular flexibility index (Phi) is 59.9. The molecule has 0 saturated carbocycles. The highest BCUT2D eigenvalue weighted by Gasteiger charge is 2.19. The first kappa shape index (κ1) is 71.8. The van der Waals surface area contributed by atoms with Crippen molar-refractivity contribution in [2.75, 3.05) is 13.2 Å². The number of carbonyl (C=O) groups excluding carboxylic acids is 3. The molecule has 0 aliphatic carbocycles. The van der Waals surface area contributed by atoms with E-state index in [0.717, 1.165) is 141 Å². The number of hydrogen-bond acceptors (Lipinski definition) is 6. The molecular weight excluding hydrogens is 937 g/mol. The lowest BCUT2D eigenvalue weighted by Gasteiger charge is -2.18. The predicted octanol–water partition coefficient (Wildman–Crippen LogP) is 21.6. The van der Waals surface area contributed by atoms with Gasteiger partial charge in [-0.2, -0.15) is 0 Å². The van der Waals surface area contributed by atoms with E-state index in [1.807, 2.05) is 0 Å². The molecule has 432 valence electrons. The van der Waals surface area contributed by atoms with E-state index in [-0.39, 0.29) is 37.5 Å². The Morgan fingerprint density at radius 3 is 0.829 bits per heavy atom. The average molecular weight is 1050 g/mol. The van der Waals surface area contributed by atoms with Crippen LogP contribution in [-0.4, -0.2) is 37.2 Å². The summed E-state index contributed by atoms with van der Waals surface area (Å²) < 4.78 is 16.8. The van der Waals surface area contributed by atoms with Crippen LogP contribution in [0.5, 0.6) is 0 Å². The van der Waals surface area contributed by atoms with E-state index in [4.69, 9.17) is 14.2 Å². The van der Waals surface area contributed by atoms with E-state index in [0.29, 0.717) is 12.8 Å². The molecule has 0 aliphatic rings. The normalized spacial score (nSPS) is 12.9. The summed E-state index contributed by atoms with van der Waals surface area (Å²) in [5.41, 5.74) is 0. The van der Waals surface area contributed by atoms with Gasteiger partial charge in [0.1, 0.15) is 13.2 Å². The van der Waals surface area contributed by atoms with Crippen LogP contribution in [0.2, 0.25) is 0 Å². The minimum Gasteiger partial charge on any atom is -0.462 e. The van der Waals surface area contributed by atoms with Crippen molar-refractivity contribution in [2.45, 2.75) is 290 Å². The van der Waals surface area contributed by atoms with Crippen molar-refractivity contribution in [2.24, 2.45) is 0 Å². The molecule has 6 nitrogen and oxygen atoms in total. The number of unbranched alkanes of at least 4 members (excludes halogenated alkanes) is 25. The molecule has 0 heterocycles. The zero-order chi connectivity index (χ0) is 55.0. The number of esters is 3. The SMILES string of the molecule is CC/C=C\C/C=C\C/C=C\C/C=C\C/C=C\CCCCCC(=O)OC(COC(=O)CCCCCCC/C=C\CCC)COC(=O)CCCCCCCCCCCCCCCCCC/C=C\C/C=C\C/C=C\C/C=C\CC. The fourth-order valence-electron chi connectivity index (χ4n) is 8.52. The van der Waals surface area contributed by atoms with Gasteiger partial charge in [0.25, 0.3) is 0 Å². The summed E-state index contributed by atoms with van der Waals surface area (Å²) in [7, 11) is 0. The Hall–Kier alpha value is -4.19. The van der Waals surface area contributed by atoms with E-state index in [1.165, 1.54) is 103 Å². The molecule has 0 bridgehead atoms. The highest BCUT2D eigenvalue weighted by molar-refractivity contribution is 5.71. The lowest BCUT2D eigenvalue weighted by Crippen LogP contribution is -2.30. The molecule has 76 heavy (non-hydrogen) atoms. The molecule has 0 rings (SSSR count). The summed E-state index contributed by atoms with van der Waals surface area (Å²) in [5.74, 6) is -0.935. The average Bonchev–Trinajstić information content (AvgIpc) is 3.42. The number of carbonyl (C=O) groups is 3. The highest BCUT2D eigenvalue weighted by Crippen LogP contribution is 2.16. The van der Waals surface area contributed by atoms with Crippen LogP contribution >= 0.6 is 0 Å². The van der Waals surface area contributed by atoms with Gasteiger partial charge in [-0.3, -0.25) is 14.4 Å². The Morgan fingerprint density at radius 1 is 0.276 bits per heavy atom. The van der Waals surface area contributed by atoms with Crippen molar-refractivity contribution in [3.63, 3.8) is 0 Å². The maximum absolute atomic E-state index is 12.9. The van der Waals surface area contributed by atoms with Gasteiger partial charge in [0, 0.05) is 19.3 Å². The van der Waals surface area contributed by atoms with E-state index in [1.54, 1.807) is 0 Å². The molecule has 0 aromatic carbocycles. The molecule has 0 N–H and O–H groups in total. The molecule has 6 heteroatoms. The third-order valence-corrected chi connectivity index (χ3v) is 13.2.